The molecule has 1 atom stereocenters. The second-order valence-corrected chi connectivity index (χ2v) is 6.02. The highest BCUT2D eigenvalue weighted by Crippen LogP contribution is 2.27. The van der Waals surface area contributed by atoms with Crippen LogP contribution in [0.5, 0.6) is 0 Å². The first kappa shape index (κ1) is 15.4. The highest BCUT2D eigenvalue weighted by atomic mass is 19.1. The van der Waals surface area contributed by atoms with Gasteiger partial charge >= 0.3 is 0 Å². The van der Waals surface area contributed by atoms with Crippen LogP contribution < -0.4 is 10.2 Å². The average molecular weight is 336 g/mol. The van der Waals surface area contributed by atoms with Gasteiger partial charge in [0.15, 0.2) is 0 Å². The molecular formula is C19H17FN4O. The lowest BCUT2D eigenvalue weighted by atomic mass is 10.1. The van der Waals surface area contributed by atoms with Gasteiger partial charge in [0.25, 0.3) is 0 Å². The summed E-state index contributed by atoms with van der Waals surface area (Å²) in [5.41, 5.74) is 3.53. The predicted molar refractivity (Wildman–Crippen MR) is 94.8 cm³/mol. The second-order valence-electron chi connectivity index (χ2n) is 6.02. The Labute approximate surface area is 144 Å². The molecule has 2 aromatic carbocycles. The largest absolute Gasteiger partial charge is 0.374 e. The second kappa shape index (κ2) is 6.39. The lowest BCUT2D eigenvalue weighted by Gasteiger charge is -2.18. The summed E-state index contributed by atoms with van der Waals surface area (Å²) >= 11 is 0. The summed E-state index contributed by atoms with van der Waals surface area (Å²) < 4.78 is 13.3. The van der Waals surface area contributed by atoms with Gasteiger partial charge in [-0.05, 0) is 42.3 Å². The third-order valence-electron chi connectivity index (χ3n) is 4.38. The van der Waals surface area contributed by atoms with E-state index in [2.05, 4.69) is 15.5 Å². The van der Waals surface area contributed by atoms with Crippen LogP contribution in [-0.4, -0.2) is 28.7 Å². The number of H-pyrrole nitrogens is 1. The lowest BCUT2D eigenvalue weighted by Crippen LogP contribution is -2.33. The molecule has 25 heavy (non-hydrogen) atoms. The zero-order valence-electron chi connectivity index (χ0n) is 13.4. The molecule has 2 N–H and O–H groups in total. The van der Waals surface area contributed by atoms with Gasteiger partial charge in [0.2, 0.25) is 5.91 Å². The van der Waals surface area contributed by atoms with Gasteiger partial charge in [0.1, 0.15) is 11.9 Å². The molecule has 0 radical (unpaired) electrons. The minimum absolute atomic E-state index is 0.000298. The number of amides is 1. The van der Waals surface area contributed by atoms with Crippen molar-refractivity contribution in [2.45, 2.75) is 12.5 Å². The number of benzene rings is 2. The van der Waals surface area contributed by atoms with E-state index in [-0.39, 0.29) is 17.8 Å². The molecule has 126 valence electrons. The zero-order valence-corrected chi connectivity index (χ0v) is 13.4. The number of rotatable bonds is 4. The van der Waals surface area contributed by atoms with Gasteiger partial charge in [0, 0.05) is 29.7 Å². The summed E-state index contributed by atoms with van der Waals surface area (Å²) in [6, 6.07) is 13.7. The molecule has 5 nitrogen and oxygen atoms in total. The summed E-state index contributed by atoms with van der Waals surface area (Å²) in [5, 5.41) is 9.85. The van der Waals surface area contributed by atoms with Gasteiger partial charge < -0.3 is 10.2 Å². The zero-order chi connectivity index (χ0) is 17.2. The first-order valence-corrected chi connectivity index (χ1v) is 8.13. The fourth-order valence-corrected chi connectivity index (χ4v) is 3.09. The Hall–Kier alpha value is -3.15. The minimum Gasteiger partial charge on any atom is -0.374 e. The number of aromatic nitrogens is 2. The van der Waals surface area contributed by atoms with Gasteiger partial charge in [-0.25, -0.2) is 4.39 Å². The Morgan fingerprint density at radius 2 is 2.00 bits per heavy atom. The van der Waals surface area contributed by atoms with E-state index < -0.39 is 0 Å². The molecule has 0 bridgehead atoms. The van der Waals surface area contributed by atoms with Crippen molar-refractivity contribution in [3.63, 3.8) is 0 Å². The Morgan fingerprint density at radius 1 is 1.16 bits per heavy atom. The highest BCUT2D eigenvalue weighted by Gasteiger charge is 2.32. The topological polar surface area (TPSA) is 61.0 Å². The smallest absolute Gasteiger partial charge is 0.249 e. The molecule has 1 aliphatic rings. The van der Waals surface area contributed by atoms with Gasteiger partial charge in [-0.3, -0.25) is 9.89 Å². The van der Waals surface area contributed by atoms with E-state index in [0.29, 0.717) is 18.7 Å². The van der Waals surface area contributed by atoms with Gasteiger partial charge in [-0.1, -0.05) is 18.2 Å². The fourth-order valence-electron chi connectivity index (χ4n) is 3.09. The normalized spacial score (nSPS) is 17.1. The monoisotopic (exact) mass is 336 g/mol. The summed E-state index contributed by atoms with van der Waals surface area (Å²) in [5.74, 6) is -0.317. The molecule has 1 saturated heterocycles. The van der Waals surface area contributed by atoms with Crippen LogP contribution in [0.15, 0.2) is 60.9 Å². The standard InChI is InChI=1S/C19H17FN4O/c20-15-2-1-3-16(10-15)23-18-8-9-24(19(18)25)17-6-4-13(5-7-17)14-11-21-22-12-14/h1-7,10-12,18,23H,8-9H2,(H,21,22). The maximum absolute atomic E-state index is 13.3. The van der Waals surface area contributed by atoms with Crippen LogP contribution in [0.25, 0.3) is 11.1 Å². The number of anilines is 2. The molecule has 0 saturated carbocycles. The van der Waals surface area contributed by atoms with Crippen molar-refractivity contribution in [1.29, 1.82) is 0 Å². The number of nitrogens with one attached hydrogen (secondary N) is 2. The molecular weight excluding hydrogens is 319 g/mol. The number of carbonyl (C=O) groups is 1. The molecule has 1 fully saturated rings. The van der Waals surface area contributed by atoms with Crippen LogP contribution in [-0.2, 0) is 4.79 Å². The fraction of sp³-hybridized carbons (Fsp3) is 0.158. The third kappa shape index (κ3) is 3.10. The van der Waals surface area contributed by atoms with E-state index >= 15 is 0 Å². The highest BCUT2D eigenvalue weighted by molar-refractivity contribution is 6.01. The van der Waals surface area contributed by atoms with Crippen molar-refractivity contribution in [1.82, 2.24) is 10.2 Å². The number of aromatic amines is 1. The first-order chi connectivity index (χ1) is 12.2. The Bertz CT molecular complexity index is 877. The van der Waals surface area contributed by atoms with Crippen LogP contribution >= 0.6 is 0 Å². The van der Waals surface area contributed by atoms with Crippen LogP contribution in [0.4, 0.5) is 15.8 Å². The Kier molecular flexibility index (Phi) is 3.93. The Morgan fingerprint density at radius 3 is 2.72 bits per heavy atom. The number of carbonyl (C=O) groups excluding carboxylic acids is 1. The molecule has 1 unspecified atom stereocenters. The third-order valence-corrected chi connectivity index (χ3v) is 4.38. The molecule has 0 spiro atoms. The summed E-state index contributed by atoms with van der Waals surface area (Å²) in [7, 11) is 0. The molecule has 3 aromatic rings. The van der Waals surface area contributed by atoms with E-state index in [1.807, 2.05) is 30.5 Å². The lowest BCUT2D eigenvalue weighted by molar-refractivity contribution is -0.117. The van der Waals surface area contributed by atoms with Crippen molar-refractivity contribution < 1.29 is 9.18 Å². The molecule has 1 amide bonds. The quantitative estimate of drug-likeness (QED) is 0.767. The van der Waals surface area contributed by atoms with Gasteiger partial charge in [-0.15, -0.1) is 0 Å². The van der Waals surface area contributed by atoms with Crippen molar-refractivity contribution in [2.75, 3.05) is 16.8 Å². The Balaban J connectivity index is 1.48. The number of hydrogen-bond donors (Lipinski definition) is 2. The molecule has 2 heterocycles. The van der Waals surface area contributed by atoms with E-state index in [1.54, 1.807) is 23.2 Å². The average Bonchev–Trinajstić information content (AvgIpc) is 3.27. The van der Waals surface area contributed by atoms with Crippen LogP contribution in [0.2, 0.25) is 0 Å². The van der Waals surface area contributed by atoms with Crippen LogP contribution in [0.3, 0.4) is 0 Å². The first-order valence-electron chi connectivity index (χ1n) is 8.13. The van der Waals surface area contributed by atoms with E-state index in [1.165, 1.54) is 12.1 Å². The summed E-state index contributed by atoms with van der Waals surface area (Å²) in [6.45, 7) is 0.636. The molecule has 4 rings (SSSR count). The number of nitrogens with zero attached hydrogens (tertiary/aromatic N) is 2. The maximum atomic E-state index is 13.3. The van der Waals surface area contributed by atoms with Gasteiger partial charge in [-0.2, -0.15) is 5.10 Å². The van der Waals surface area contributed by atoms with Gasteiger partial charge in [0.05, 0.1) is 6.20 Å². The predicted octanol–water partition coefficient (Wildman–Crippen LogP) is 3.43. The van der Waals surface area contributed by atoms with E-state index in [9.17, 15) is 9.18 Å². The van der Waals surface area contributed by atoms with Crippen molar-refractivity contribution >= 4 is 17.3 Å². The molecule has 0 aliphatic carbocycles. The van der Waals surface area contributed by atoms with E-state index in [4.69, 9.17) is 0 Å². The SMILES string of the molecule is O=C1C(Nc2cccc(F)c2)CCN1c1ccc(-c2cn[nH]c2)cc1. The van der Waals surface area contributed by atoms with Crippen molar-refractivity contribution in [3.05, 3.63) is 66.7 Å². The molecule has 6 heteroatoms. The number of hydrogen-bond acceptors (Lipinski definition) is 3. The minimum atomic E-state index is -0.338. The summed E-state index contributed by atoms with van der Waals surface area (Å²) in [4.78, 5) is 14.4. The number of halogens is 1. The van der Waals surface area contributed by atoms with Crippen LogP contribution in [0, 0.1) is 5.82 Å². The van der Waals surface area contributed by atoms with E-state index in [0.717, 1.165) is 16.8 Å². The molecule has 1 aromatic heterocycles. The van der Waals surface area contributed by atoms with Crippen molar-refractivity contribution in [2.24, 2.45) is 0 Å². The van der Waals surface area contributed by atoms with Crippen LogP contribution in [0.1, 0.15) is 6.42 Å². The summed E-state index contributed by atoms with van der Waals surface area (Å²) in [6.07, 6.45) is 4.27. The molecule has 1 aliphatic heterocycles. The van der Waals surface area contributed by atoms with Crippen molar-refractivity contribution in [3.8, 4) is 11.1 Å². The maximum Gasteiger partial charge on any atom is 0.249 e.